The molecule has 0 aromatic carbocycles. The Bertz CT molecular complexity index is 494. The Morgan fingerprint density at radius 1 is 0.960 bits per heavy atom. The number of aliphatic carboxylic acids is 1. The number of carboxylic acids is 1. The summed E-state index contributed by atoms with van der Waals surface area (Å²) in [6, 6.07) is 0. The van der Waals surface area contributed by atoms with E-state index < -0.39 is 47.2 Å². The van der Waals surface area contributed by atoms with E-state index in [1.54, 1.807) is 20.8 Å². The molecule has 154 valence electrons. The first-order valence-corrected chi connectivity index (χ1v) is 12.3. The molecule has 0 bridgehead atoms. The molecular formula is C10H28NO11P3. The number of nitrogens with one attached hydrogen (secondary N) is 1. The molecule has 0 rings (SSSR count). The van der Waals surface area contributed by atoms with Gasteiger partial charge in [0.25, 0.3) is 0 Å². The van der Waals surface area contributed by atoms with Gasteiger partial charge in [-0.1, -0.05) is 20.8 Å². The predicted octanol–water partition coefficient (Wildman–Crippen LogP) is 0.332. The molecule has 0 heterocycles. The SMILES string of the molecule is CCC(C)P(=O)(O)O.CCCP(=O)(O)O.O=C(O)CNCP(=O)(O)O. The van der Waals surface area contributed by atoms with Gasteiger partial charge in [0.05, 0.1) is 18.5 Å². The third-order valence-electron chi connectivity index (χ3n) is 2.27. The average Bonchev–Trinajstić information content (AvgIpc) is 2.34. The zero-order valence-corrected chi connectivity index (χ0v) is 16.9. The lowest BCUT2D eigenvalue weighted by atomic mass is 10.4. The summed E-state index contributed by atoms with van der Waals surface area (Å²) in [6.45, 7) is 4.59. The minimum Gasteiger partial charge on any atom is -0.480 e. The molecule has 12 nitrogen and oxygen atoms in total. The summed E-state index contributed by atoms with van der Waals surface area (Å²) in [5, 5.41) is 10.1. The van der Waals surface area contributed by atoms with Gasteiger partial charge < -0.3 is 34.5 Å². The van der Waals surface area contributed by atoms with Crippen LogP contribution in [-0.2, 0) is 18.5 Å². The van der Waals surface area contributed by atoms with E-state index in [4.69, 9.17) is 34.5 Å². The minimum atomic E-state index is -4.10. The van der Waals surface area contributed by atoms with Gasteiger partial charge in [-0.3, -0.25) is 23.8 Å². The first-order chi connectivity index (χ1) is 11.0. The molecule has 0 aromatic heterocycles. The molecule has 0 amide bonds. The topological polar surface area (TPSA) is 222 Å². The second-order valence-corrected chi connectivity index (χ2v) is 10.4. The Morgan fingerprint density at radius 2 is 1.40 bits per heavy atom. The maximum atomic E-state index is 10.3. The van der Waals surface area contributed by atoms with Crippen molar-refractivity contribution in [3.63, 3.8) is 0 Å². The van der Waals surface area contributed by atoms with Gasteiger partial charge in [0.1, 0.15) is 0 Å². The normalized spacial score (nSPS) is 13.0. The quantitative estimate of drug-likeness (QED) is 0.244. The van der Waals surface area contributed by atoms with Crippen molar-refractivity contribution in [1.82, 2.24) is 5.32 Å². The lowest BCUT2D eigenvalue weighted by molar-refractivity contribution is -0.135. The van der Waals surface area contributed by atoms with Crippen LogP contribution in [0.4, 0.5) is 0 Å². The summed E-state index contributed by atoms with van der Waals surface area (Å²) in [5.74, 6) is -1.14. The Balaban J connectivity index is -0.000000296. The lowest BCUT2D eigenvalue weighted by Crippen LogP contribution is -2.23. The van der Waals surface area contributed by atoms with E-state index in [9.17, 15) is 18.5 Å². The fourth-order valence-corrected chi connectivity index (χ4v) is 2.30. The number of hydrogen-bond acceptors (Lipinski definition) is 5. The highest BCUT2D eigenvalue weighted by Gasteiger charge is 2.20. The summed E-state index contributed by atoms with van der Waals surface area (Å²) in [6.07, 6.45) is 0.487. The van der Waals surface area contributed by atoms with Crippen LogP contribution in [0.3, 0.4) is 0 Å². The average molecular weight is 431 g/mol. The molecule has 1 atom stereocenters. The monoisotopic (exact) mass is 431 g/mol. The van der Waals surface area contributed by atoms with Crippen molar-refractivity contribution in [2.45, 2.75) is 39.3 Å². The molecular weight excluding hydrogens is 403 g/mol. The highest BCUT2D eigenvalue weighted by atomic mass is 31.2. The second-order valence-electron chi connectivity index (χ2n) is 4.88. The van der Waals surface area contributed by atoms with E-state index in [0.717, 1.165) is 0 Å². The zero-order chi connectivity index (χ0) is 20.9. The molecule has 0 saturated heterocycles. The number of carboxylic acid groups (broad SMARTS) is 1. The molecule has 0 aliphatic carbocycles. The molecule has 0 radical (unpaired) electrons. The molecule has 8 N–H and O–H groups in total. The molecule has 15 heteroatoms. The fraction of sp³-hybridized carbons (Fsp3) is 0.900. The van der Waals surface area contributed by atoms with Crippen LogP contribution in [0.25, 0.3) is 0 Å². The summed E-state index contributed by atoms with van der Waals surface area (Å²) in [7, 11) is -11.5. The molecule has 1 unspecified atom stereocenters. The molecule has 0 aliphatic heterocycles. The Morgan fingerprint density at radius 3 is 1.52 bits per heavy atom. The van der Waals surface area contributed by atoms with Crippen molar-refractivity contribution >= 4 is 28.8 Å². The van der Waals surface area contributed by atoms with Gasteiger partial charge in [-0.15, -0.1) is 0 Å². The lowest BCUT2D eigenvalue weighted by Gasteiger charge is -2.08. The number of carbonyl (C=O) groups is 1. The van der Waals surface area contributed by atoms with Crippen molar-refractivity contribution in [2.24, 2.45) is 0 Å². The number of hydrogen-bond donors (Lipinski definition) is 8. The predicted molar refractivity (Wildman–Crippen MR) is 91.5 cm³/mol. The fourth-order valence-electron chi connectivity index (χ4n) is 0.838. The summed E-state index contributed by atoms with van der Waals surface area (Å²) in [4.78, 5) is 59.2. The van der Waals surface area contributed by atoms with Crippen molar-refractivity contribution in [2.75, 3.05) is 19.0 Å². The first kappa shape index (κ1) is 29.6. The summed E-state index contributed by atoms with van der Waals surface area (Å²) in [5.41, 5.74) is -0.484. The van der Waals surface area contributed by atoms with Gasteiger partial charge >= 0.3 is 28.8 Å². The Kier molecular flexibility index (Phi) is 16.6. The molecule has 0 saturated carbocycles. The highest BCUT2D eigenvalue weighted by Crippen LogP contribution is 2.42. The standard InChI is InChI=1S/C4H11O3P.C3H8NO5P.C3H9O3P/c1-3-4(2)8(5,6)7;5-3(6)1-4-2-10(7,8)9;1-2-3-7(4,5)6/h4H,3H2,1-2H3,(H2,5,6,7);4H,1-2H2,(H,5,6)(H2,7,8,9);2-3H2,1H3,(H2,4,5,6). The van der Waals surface area contributed by atoms with Crippen LogP contribution in [-0.4, -0.2) is 65.1 Å². The Labute approximate surface area is 146 Å². The number of rotatable bonds is 8. The van der Waals surface area contributed by atoms with Gasteiger partial charge in [0, 0.05) is 6.16 Å². The summed E-state index contributed by atoms with van der Waals surface area (Å²) < 4.78 is 30.2. The maximum absolute atomic E-state index is 10.3. The van der Waals surface area contributed by atoms with Crippen molar-refractivity contribution in [1.29, 1.82) is 0 Å². The van der Waals surface area contributed by atoms with Gasteiger partial charge in [-0.05, 0) is 12.8 Å². The van der Waals surface area contributed by atoms with Gasteiger partial charge in [-0.25, -0.2) is 0 Å². The van der Waals surface area contributed by atoms with E-state index >= 15 is 0 Å². The Hall–Kier alpha value is -0.120. The van der Waals surface area contributed by atoms with E-state index in [1.165, 1.54) is 0 Å². The molecule has 25 heavy (non-hydrogen) atoms. The highest BCUT2D eigenvalue weighted by molar-refractivity contribution is 7.52. The first-order valence-electron chi connectivity index (χ1n) is 7.03. The van der Waals surface area contributed by atoms with Crippen LogP contribution < -0.4 is 5.32 Å². The van der Waals surface area contributed by atoms with E-state index in [1.807, 2.05) is 0 Å². The van der Waals surface area contributed by atoms with Crippen molar-refractivity contribution < 1.29 is 53.0 Å². The van der Waals surface area contributed by atoms with E-state index in [0.29, 0.717) is 12.8 Å². The molecule has 0 aliphatic rings. The van der Waals surface area contributed by atoms with Crippen molar-refractivity contribution in [3.8, 4) is 0 Å². The van der Waals surface area contributed by atoms with Crippen LogP contribution in [0.5, 0.6) is 0 Å². The van der Waals surface area contributed by atoms with E-state index in [-0.39, 0.29) is 6.16 Å². The third-order valence-corrected chi connectivity index (χ3v) is 5.45. The molecule has 0 fully saturated rings. The van der Waals surface area contributed by atoms with E-state index in [2.05, 4.69) is 5.32 Å². The zero-order valence-electron chi connectivity index (χ0n) is 14.2. The van der Waals surface area contributed by atoms with Crippen LogP contribution in [0.2, 0.25) is 0 Å². The second kappa shape index (κ2) is 14.0. The molecule has 0 aromatic rings. The molecule has 0 spiro atoms. The van der Waals surface area contributed by atoms with Crippen LogP contribution in [0.1, 0.15) is 33.6 Å². The smallest absolute Gasteiger partial charge is 0.339 e. The van der Waals surface area contributed by atoms with Crippen LogP contribution >= 0.6 is 22.8 Å². The van der Waals surface area contributed by atoms with Crippen LogP contribution in [0, 0.1) is 0 Å². The maximum Gasteiger partial charge on any atom is 0.339 e. The van der Waals surface area contributed by atoms with Crippen molar-refractivity contribution in [3.05, 3.63) is 0 Å². The minimum absolute atomic E-state index is 0.00694. The van der Waals surface area contributed by atoms with Gasteiger partial charge in [-0.2, -0.15) is 0 Å². The van der Waals surface area contributed by atoms with Crippen LogP contribution in [0.15, 0.2) is 0 Å². The van der Waals surface area contributed by atoms with Gasteiger partial charge in [0.2, 0.25) is 0 Å². The third kappa shape index (κ3) is 32.1. The largest absolute Gasteiger partial charge is 0.480 e. The summed E-state index contributed by atoms with van der Waals surface area (Å²) >= 11 is 0. The van der Waals surface area contributed by atoms with Gasteiger partial charge in [0.15, 0.2) is 0 Å².